The maximum absolute atomic E-state index is 13.5. The highest BCUT2D eigenvalue weighted by atomic mass is 19.2. The lowest BCUT2D eigenvalue weighted by atomic mass is 9.98. The van der Waals surface area contributed by atoms with Crippen LogP contribution >= 0.6 is 0 Å². The molecule has 0 aliphatic carbocycles. The van der Waals surface area contributed by atoms with E-state index < -0.39 is 29.3 Å². The molecule has 1 nitrogen and oxygen atoms in total. The third-order valence-electron chi connectivity index (χ3n) is 2.83. The monoisotopic (exact) mass is 269 g/mol. The number of hydrogen-bond donors (Lipinski definition) is 1. The Bertz CT molecular complexity index is 598. The third-order valence-corrected chi connectivity index (χ3v) is 2.83. The molecule has 0 aliphatic heterocycles. The second-order valence-electron chi connectivity index (χ2n) is 4.19. The molecule has 2 N–H and O–H groups in total. The minimum absolute atomic E-state index is 0.0242. The molecular weight excluding hydrogens is 258 g/mol. The second kappa shape index (κ2) is 5.40. The first-order chi connectivity index (χ1) is 8.99. The van der Waals surface area contributed by atoms with Gasteiger partial charge in [0.05, 0.1) is 0 Å². The second-order valence-corrected chi connectivity index (χ2v) is 4.19. The molecule has 0 spiro atoms. The molecule has 19 heavy (non-hydrogen) atoms. The molecule has 0 aliphatic rings. The van der Waals surface area contributed by atoms with Crippen molar-refractivity contribution in [1.29, 1.82) is 0 Å². The van der Waals surface area contributed by atoms with Crippen molar-refractivity contribution in [2.75, 3.05) is 0 Å². The Balaban J connectivity index is 2.28. The zero-order valence-electron chi connectivity index (χ0n) is 9.84. The lowest BCUT2D eigenvalue weighted by molar-refractivity contribution is 0.491. The highest BCUT2D eigenvalue weighted by Gasteiger charge is 2.16. The van der Waals surface area contributed by atoms with Crippen LogP contribution in [0.4, 0.5) is 17.6 Å². The molecule has 100 valence electrons. The van der Waals surface area contributed by atoms with Gasteiger partial charge in [-0.15, -0.1) is 0 Å². The van der Waals surface area contributed by atoms with Crippen molar-refractivity contribution < 1.29 is 17.6 Å². The Labute approximate surface area is 107 Å². The van der Waals surface area contributed by atoms with Crippen molar-refractivity contribution in [2.24, 2.45) is 5.73 Å². The zero-order chi connectivity index (χ0) is 14.0. The molecule has 0 saturated carbocycles. The van der Waals surface area contributed by atoms with Crippen LogP contribution in [0.3, 0.4) is 0 Å². The number of benzene rings is 2. The van der Waals surface area contributed by atoms with Crippen LogP contribution < -0.4 is 5.73 Å². The van der Waals surface area contributed by atoms with Crippen LogP contribution in [0, 0.1) is 23.3 Å². The molecule has 5 heteroatoms. The van der Waals surface area contributed by atoms with Crippen LogP contribution in [0.25, 0.3) is 0 Å². The molecule has 0 aromatic heterocycles. The molecule has 0 fully saturated rings. The van der Waals surface area contributed by atoms with Gasteiger partial charge in [-0.2, -0.15) is 0 Å². The molecule has 1 atom stereocenters. The van der Waals surface area contributed by atoms with Crippen LogP contribution in [-0.2, 0) is 6.42 Å². The lowest BCUT2D eigenvalue weighted by Crippen LogP contribution is -2.16. The van der Waals surface area contributed by atoms with Crippen molar-refractivity contribution in [1.82, 2.24) is 0 Å². The first-order valence-corrected chi connectivity index (χ1v) is 5.62. The van der Waals surface area contributed by atoms with Gasteiger partial charge < -0.3 is 5.73 Å². The first-order valence-electron chi connectivity index (χ1n) is 5.62. The van der Waals surface area contributed by atoms with Crippen molar-refractivity contribution in [3.05, 3.63) is 70.8 Å². The molecule has 1 unspecified atom stereocenters. The van der Waals surface area contributed by atoms with E-state index in [0.29, 0.717) is 0 Å². The van der Waals surface area contributed by atoms with Gasteiger partial charge >= 0.3 is 0 Å². The molecular formula is C14H11F4N. The van der Waals surface area contributed by atoms with Gasteiger partial charge in [-0.05, 0) is 36.2 Å². The van der Waals surface area contributed by atoms with Gasteiger partial charge in [-0.3, -0.25) is 0 Å². The lowest BCUT2D eigenvalue weighted by Gasteiger charge is -2.14. The Morgan fingerprint density at radius 1 is 0.947 bits per heavy atom. The standard InChI is InChI=1S/C14H11F4N/c15-9-4-5-11(16)10(7-9)13(19)6-8-2-1-3-12(17)14(8)18/h1-5,7,13H,6,19H2. The van der Waals surface area contributed by atoms with Crippen molar-refractivity contribution >= 4 is 0 Å². The average molecular weight is 269 g/mol. The number of halogens is 4. The van der Waals surface area contributed by atoms with E-state index in [1.54, 1.807) is 0 Å². The molecule has 0 amide bonds. The molecule has 0 saturated heterocycles. The predicted octanol–water partition coefficient (Wildman–Crippen LogP) is 3.49. The Morgan fingerprint density at radius 3 is 2.42 bits per heavy atom. The quantitative estimate of drug-likeness (QED) is 0.848. The third kappa shape index (κ3) is 2.93. The number of rotatable bonds is 3. The largest absolute Gasteiger partial charge is 0.324 e. The molecule has 2 rings (SSSR count). The van der Waals surface area contributed by atoms with E-state index in [4.69, 9.17) is 5.73 Å². The Morgan fingerprint density at radius 2 is 1.68 bits per heavy atom. The maximum Gasteiger partial charge on any atom is 0.162 e. The summed E-state index contributed by atoms with van der Waals surface area (Å²) in [7, 11) is 0. The average Bonchev–Trinajstić information content (AvgIpc) is 2.38. The van der Waals surface area contributed by atoms with E-state index in [1.807, 2.05) is 0 Å². The highest BCUT2D eigenvalue weighted by Crippen LogP contribution is 2.22. The summed E-state index contributed by atoms with van der Waals surface area (Å²) in [4.78, 5) is 0. The van der Waals surface area contributed by atoms with Gasteiger partial charge in [-0.25, -0.2) is 17.6 Å². The van der Waals surface area contributed by atoms with E-state index in [9.17, 15) is 17.6 Å². The van der Waals surface area contributed by atoms with Gasteiger partial charge in [0.15, 0.2) is 11.6 Å². The van der Waals surface area contributed by atoms with Crippen LogP contribution in [0.5, 0.6) is 0 Å². The summed E-state index contributed by atoms with van der Waals surface area (Å²) < 4.78 is 53.0. The van der Waals surface area contributed by atoms with Crippen LogP contribution in [0.1, 0.15) is 17.2 Å². The molecule has 2 aromatic carbocycles. The normalized spacial score (nSPS) is 12.5. The molecule has 0 bridgehead atoms. The van der Waals surface area contributed by atoms with E-state index in [2.05, 4.69) is 0 Å². The fourth-order valence-corrected chi connectivity index (χ4v) is 1.85. The highest BCUT2D eigenvalue weighted by molar-refractivity contribution is 5.26. The van der Waals surface area contributed by atoms with Gasteiger partial charge in [-0.1, -0.05) is 12.1 Å². The van der Waals surface area contributed by atoms with Crippen LogP contribution in [0.15, 0.2) is 36.4 Å². The van der Waals surface area contributed by atoms with E-state index in [0.717, 1.165) is 24.3 Å². The van der Waals surface area contributed by atoms with Crippen molar-refractivity contribution in [3.8, 4) is 0 Å². The van der Waals surface area contributed by atoms with Gasteiger partial charge in [0.1, 0.15) is 11.6 Å². The van der Waals surface area contributed by atoms with Crippen LogP contribution in [0.2, 0.25) is 0 Å². The maximum atomic E-state index is 13.5. The van der Waals surface area contributed by atoms with E-state index >= 15 is 0 Å². The van der Waals surface area contributed by atoms with E-state index in [1.165, 1.54) is 12.1 Å². The predicted molar refractivity (Wildman–Crippen MR) is 63.3 cm³/mol. The molecule has 2 aromatic rings. The fraction of sp³-hybridized carbons (Fsp3) is 0.143. The van der Waals surface area contributed by atoms with Gasteiger partial charge in [0.25, 0.3) is 0 Å². The van der Waals surface area contributed by atoms with Crippen molar-refractivity contribution in [2.45, 2.75) is 12.5 Å². The summed E-state index contributed by atoms with van der Waals surface area (Å²) in [6.07, 6.45) is -0.121. The Hall–Kier alpha value is -1.88. The summed E-state index contributed by atoms with van der Waals surface area (Å²) in [6, 6.07) is 5.59. The summed E-state index contributed by atoms with van der Waals surface area (Å²) in [6.45, 7) is 0. The zero-order valence-corrected chi connectivity index (χ0v) is 9.84. The fourth-order valence-electron chi connectivity index (χ4n) is 1.85. The topological polar surface area (TPSA) is 26.0 Å². The number of nitrogens with two attached hydrogens (primary N) is 1. The molecule has 0 heterocycles. The Kier molecular flexibility index (Phi) is 3.85. The SMILES string of the molecule is NC(Cc1cccc(F)c1F)c1cc(F)ccc1F. The van der Waals surface area contributed by atoms with Gasteiger partial charge in [0, 0.05) is 11.6 Å². The smallest absolute Gasteiger partial charge is 0.162 e. The van der Waals surface area contributed by atoms with Gasteiger partial charge in [0.2, 0.25) is 0 Å². The van der Waals surface area contributed by atoms with Crippen molar-refractivity contribution in [3.63, 3.8) is 0 Å². The summed E-state index contributed by atoms with van der Waals surface area (Å²) in [5.74, 6) is -3.32. The van der Waals surface area contributed by atoms with Crippen LogP contribution in [-0.4, -0.2) is 0 Å². The minimum Gasteiger partial charge on any atom is -0.324 e. The van der Waals surface area contributed by atoms with E-state index in [-0.39, 0.29) is 17.5 Å². The first kappa shape index (κ1) is 13.5. The minimum atomic E-state index is -1.02. The summed E-state index contributed by atoms with van der Waals surface area (Å²) >= 11 is 0. The molecule has 0 radical (unpaired) electrons. The number of hydrogen-bond acceptors (Lipinski definition) is 1. The summed E-state index contributed by atoms with van der Waals surface area (Å²) in [5.41, 5.74) is 5.68. The summed E-state index contributed by atoms with van der Waals surface area (Å²) in [5, 5.41) is 0.